The summed E-state index contributed by atoms with van der Waals surface area (Å²) in [6.45, 7) is 1.69. The first kappa shape index (κ1) is 12.5. The van der Waals surface area contributed by atoms with Gasteiger partial charge in [-0.15, -0.1) is 0 Å². The molecule has 0 saturated heterocycles. The molecule has 0 fully saturated rings. The number of aliphatic hydroxyl groups excluding tert-OH is 1. The van der Waals surface area contributed by atoms with Crippen LogP contribution in [0, 0.1) is 5.82 Å². The second-order valence-corrected chi connectivity index (χ2v) is 4.01. The molecule has 2 aromatic rings. The highest BCUT2D eigenvalue weighted by molar-refractivity contribution is 5.68. The Morgan fingerprint density at radius 2 is 1.94 bits per heavy atom. The number of aromatic nitrogens is 1. The van der Waals surface area contributed by atoms with Crippen molar-refractivity contribution in [3.63, 3.8) is 0 Å². The van der Waals surface area contributed by atoms with E-state index in [2.05, 4.69) is 4.98 Å². The summed E-state index contributed by atoms with van der Waals surface area (Å²) in [6, 6.07) is 8.58. The third kappa shape index (κ3) is 2.49. The topological polar surface area (TPSA) is 42.4 Å². The van der Waals surface area contributed by atoms with Crippen molar-refractivity contribution in [2.45, 2.75) is 13.0 Å². The Balaban J connectivity index is 2.44. The van der Waals surface area contributed by atoms with E-state index in [1.807, 2.05) is 0 Å². The summed E-state index contributed by atoms with van der Waals surface area (Å²) in [6.07, 6.45) is 0.596. The van der Waals surface area contributed by atoms with Gasteiger partial charge in [0, 0.05) is 5.56 Å². The van der Waals surface area contributed by atoms with Gasteiger partial charge in [0.2, 0.25) is 5.88 Å². The van der Waals surface area contributed by atoms with Gasteiger partial charge in [-0.05, 0) is 24.1 Å². The molecule has 2 rings (SSSR count). The van der Waals surface area contributed by atoms with E-state index in [0.717, 1.165) is 17.3 Å². The maximum Gasteiger partial charge on any atom is 0.221 e. The van der Waals surface area contributed by atoms with Gasteiger partial charge in [0.15, 0.2) is 0 Å². The molecule has 4 heteroatoms. The Labute approximate surface area is 105 Å². The van der Waals surface area contributed by atoms with Gasteiger partial charge in [0.25, 0.3) is 0 Å². The molecule has 1 atom stereocenters. The van der Waals surface area contributed by atoms with E-state index >= 15 is 0 Å². The first-order chi connectivity index (χ1) is 8.61. The van der Waals surface area contributed by atoms with E-state index in [-0.39, 0.29) is 0 Å². The van der Waals surface area contributed by atoms with Crippen molar-refractivity contribution >= 4 is 0 Å². The largest absolute Gasteiger partial charge is 0.481 e. The lowest BCUT2D eigenvalue weighted by Crippen LogP contribution is -1.94. The molecule has 0 saturated carbocycles. The van der Waals surface area contributed by atoms with Crippen LogP contribution < -0.4 is 4.74 Å². The van der Waals surface area contributed by atoms with E-state index in [1.165, 1.54) is 13.2 Å². The van der Waals surface area contributed by atoms with Crippen LogP contribution in [0.15, 0.2) is 36.5 Å². The highest BCUT2D eigenvalue weighted by Crippen LogP contribution is 2.29. The van der Waals surface area contributed by atoms with Crippen molar-refractivity contribution in [2.24, 2.45) is 0 Å². The fourth-order valence-corrected chi connectivity index (χ4v) is 1.74. The quantitative estimate of drug-likeness (QED) is 0.906. The summed E-state index contributed by atoms with van der Waals surface area (Å²) < 4.78 is 18.3. The summed E-state index contributed by atoms with van der Waals surface area (Å²) in [5.74, 6) is -0.0356. The number of hydrogen-bond donors (Lipinski definition) is 1. The lowest BCUT2D eigenvalue weighted by molar-refractivity contribution is 0.199. The fourth-order valence-electron chi connectivity index (χ4n) is 1.74. The molecule has 0 amide bonds. The number of methoxy groups -OCH3 is 1. The minimum atomic E-state index is -0.522. The minimum Gasteiger partial charge on any atom is -0.481 e. The van der Waals surface area contributed by atoms with Crippen LogP contribution in [0.1, 0.15) is 18.6 Å². The van der Waals surface area contributed by atoms with Gasteiger partial charge >= 0.3 is 0 Å². The molecule has 0 aliphatic rings. The van der Waals surface area contributed by atoms with Crippen LogP contribution in [0.3, 0.4) is 0 Å². The van der Waals surface area contributed by atoms with Gasteiger partial charge in [-0.2, -0.15) is 0 Å². The number of benzene rings is 1. The van der Waals surface area contributed by atoms with Gasteiger partial charge in [0.1, 0.15) is 5.82 Å². The molecule has 0 aliphatic heterocycles. The molecule has 94 valence electrons. The van der Waals surface area contributed by atoms with Crippen molar-refractivity contribution in [2.75, 3.05) is 7.11 Å². The zero-order chi connectivity index (χ0) is 13.1. The Morgan fingerprint density at radius 3 is 2.50 bits per heavy atom. The molecular formula is C14H14FNO2. The predicted molar refractivity (Wildman–Crippen MR) is 66.8 cm³/mol. The molecule has 1 aromatic carbocycles. The van der Waals surface area contributed by atoms with Crippen LogP contribution in [0.2, 0.25) is 0 Å². The van der Waals surface area contributed by atoms with Crippen LogP contribution >= 0.6 is 0 Å². The van der Waals surface area contributed by atoms with Gasteiger partial charge < -0.3 is 9.84 Å². The Morgan fingerprint density at radius 1 is 1.28 bits per heavy atom. The van der Waals surface area contributed by atoms with Crippen molar-refractivity contribution < 1.29 is 14.2 Å². The first-order valence-electron chi connectivity index (χ1n) is 5.59. The molecule has 1 unspecified atom stereocenters. The first-order valence-corrected chi connectivity index (χ1v) is 5.59. The summed E-state index contributed by atoms with van der Waals surface area (Å²) in [5, 5.41) is 9.43. The van der Waals surface area contributed by atoms with Gasteiger partial charge in [0.05, 0.1) is 19.4 Å². The summed E-state index contributed by atoms with van der Waals surface area (Å²) in [5.41, 5.74) is 2.19. The molecule has 0 aliphatic carbocycles. The molecule has 18 heavy (non-hydrogen) atoms. The molecule has 0 radical (unpaired) electrons. The highest BCUT2D eigenvalue weighted by Gasteiger charge is 2.09. The molecular weight excluding hydrogens is 233 g/mol. The van der Waals surface area contributed by atoms with E-state index in [4.69, 9.17) is 4.74 Å². The monoisotopic (exact) mass is 247 g/mol. The molecule has 0 spiro atoms. The molecule has 1 aromatic heterocycles. The summed E-state index contributed by atoms with van der Waals surface area (Å²) in [7, 11) is 1.49. The smallest absolute Gasteiger partial charge is 0.221 e. The van der Waals surface area contributed by atoms with Crippen LogP contribution in [0.25, 0.3) is 11.1 Å². The number of hydrogen-bond acceptors (Lipinski definition) is 3. The van der Waals surface area contributed by atoms with Crippen LogP contribution in [0.5, 0.6) is 5.88 Å². The van der Waals surface area contributed by atoms with Crippen LogP contribution in [-0.4, -0.2) is 17.2 Å². The van der Waals surface area contributed by atoms with Crippen molar-refractivity contribution in [1.82, 2.24) is 4.98 Å². The standard InChI is InChI=1S/C14H14FNO2/c1-9(17)10-3-5-11(6-4-10)13-7-12(15)8-16-14(13)18-2/h3-9,17H,1-2H3. The minimum absolute atomic E-state index is 0.376. The highest BCUT2D eigenvalue weighted by atomic mass is 19.1. The summed E-state index contributed by atoms with van der Waals surface area (Å²) >= 11 is 0. The fraction of sp³-hybridized carbons (Fsp3) is 0.214. The third-order valence-corrected chi connectivity index (χ3v) is 2.72. The zero-order valence-corrected chi connectivity index (χ0v) is 10.2. The Bertz CT molecular complexity index is 538. The van der Waals surface area contributed by atoms with Gasteiger partial charge in [-0.25, -0.2) is 9.37 Å². The zero-order valence-electron chi connectivity index (χ0n) is 10.2. The van der Waals surface area contributed by atoms with Crippen LogP contribution in [-0.2, 0) is 0 Å². The Hall–Kier alpha value is -1.94. The predicted octanol–water partition coefficient (Wildman–Crippen LogP) is 2.95. The second-order valence-electron chi connectivity index (χ2n) is 4.01. The average Bonchev–Trinajstić information content (AvgIpc) is 2.39. The average molecular weight is 247 g/mol. The van der Waals surface area contributed by atoms with E-state index in [1.54, 1.807) is 31.2 Å². The number of aliphatic hydroxyl groups is 1. The SMILES string of the molecule is COc1ncc(F)cc1-c1ccc(C(C)O)cc1. The summed E-state index contributed by atoms with van der Waals surface area (Å²) in [4.78, 5) is 3.88. The van der Waals surface area contributed by atoms with Crippen molar-refractivity contribution in [3.05, 3.63) is 47.9 Å². The van der Waals surface area contributed by atoms with Gasteiger partial charge in [-0.3, -0.25) is 0 Å². The number of nitrogens with zero attached hydrogens (tertiary/aromatic N) is 1. The van der Waals surface area contributed by atoms with Crippen molar-refractivity contribution in [1.29, 1.82) is 0 Å². The number of ether oxygens (including phenoxy) is 1. The number of rotatable bonds is 3. The number of pyridine rings is 1. The molecule has 1 N–H and O–H groups in total. The lowest BCUT2D eigenvalue weighted by atomic mass is 10.0. The van der Waals surface area contributed by atoms with E-state index in [9.17, 15) is 9.50 Å². The van der Waals surface area contributed by atoms with Crippen LogP contribution in [0.4, 0.5) is 4.39 Å². The van der Waals surface area contributed by atoms with E-state index < -0.39 is 11.9 Å². The maximum absolute atomic E-state index is 13.2. The van der Waals surface area contributed by atoms with E-state index in [0.29, 0.717) is 11.4 Å². The number of halogens is 1. The lowest BCUT2D eigenvalue weighted by Gasteiger charge is -2.09. The Kier molecular flexibility index (Phi) is 3.58. The molecule has 0 bridgehead atoms. The molecule has 1 heterocycles. The second kappa shape index (κ2) is 5.14. The third-order valence-electron chi connectivity index (χ3n) is 2.72. The maximum atomic E-state index is 13.2. The normalized spacial score (nSPS) is 12.2. The van der Waals surface area contributed by atoms with Gasteiger partial charge in [-0.1, -0.05) is 24.3 Å². The van der Waals surface area contributed by atoms with Crippen molar-refractivity contribution in [3.8, 4) is 17.0 Å². The molecule has 3 nitrogen and oxygen atoms in total.